The molecule has 11 heteroatoms. The van der Waals surface area contributed by atoms with Gasteiger partial charge < -0.3 is 15.0 Å². The number of hydrogen-bond acceptors (Lipinski definition) is 7. The van der Waals surface area contributed by atoms with Crippen LogP contribution in [0.5, 0.6) is 5.75 Å². The quantitative estimate of drug-likeness (QED) is 0.188. The largest absolute Gasteiger partial charge is 0.494 e. The average molecular weight is 503 g/mol. The Bertz CT molecular complexity index is 1230. The molecule has 2 aromatic carbocycles. The fraction of sp³-hybridized carbons (Fsp3) is 0.304. The summed E-state index contributed by atoms with van der Waals surface area (Å²) in [6.45, 7) is 3.80. The van der Waals surface area contributed by atoms with Crippen LogP contribution in [0.1, 0.15) is 26.2 Å². The second-order valence-electron chi connectivity index (χ2n) is 7.68. The summed E-state index contributed by atoms with van der Waals surface area (Å²) in [6, 6.07) is 14.2. The van der Waals surface area contributed by atoms with E-state index in [1.165, 1.54) is 4.68 Å². The van der Waals surface area contributed by atoms with Crippen molar-refractivity contribution in [3.8, 4) is 5.75 Å². The minimum absolute atomic E-state index is 0.0306. The van der Waals surface area contributed by atoms with Crippen molar-refractivity contribution in [2.45, 2.75) is 26.2 Å². The van der Waals surface area contributed by atoms with Gasteiger partial charge in [0.25, 0.3) is 0 Å². The van der Waals surface area contributed by atoms with Gasteiger partial charge in [-0.25, -0.2) is 0 Å². The first-order chi connectivity index (χ1) is 16.5. The number of aromatic nitrogens is 3. The molecule has 0 spiro atoms. The molecular weight excluding hydrogens is 479 g/mol. The van der Waals surface area contributed by atoms with Gasteiger partial charge >= 0.3 is 5.70 Å². The molecule has 0 radical (unpaired) electrons. The minimum atomic E-state index is -0.554. The topological polar surface area (TPSA) is 98.3 Å². The van der Waals surface area contributed by atoms with Gasteiger partial charge in [0.15, 0.2) is 5.03 Å². The van der Waals surface area contributed by atoms with Gasteiger partial charge in [0.05, 0.1) is 17.0 Å². The number of hydrogen-bond donors (Lipinski definition) is 1. The summed E-state index contributed by atoms with van der Waals surface area (Å²) in [7, 11) is 0. The van der Waals surface area contributed by atoms with Crippen LogP contribution in [0.3, 0.4) is 0 Å². The predicted molar refractivity (Wildman–Crippen MR) is 133 cm³/mol. The third kappa shape index (κ3) is 5.10. The molecule has 3 aromatic rings. The van der Waals surface area contributed by atoms with Crippen molar-refractivity contribution >= 4 is 45.7 Å². The third-order valence-electron chi connectivity index (χ3n) is 5.42. The van der Waals surface area contributed by atoms with E-state index in [1.807, 2.05) is 17.9 Å². The van der Waals surface area contributed by atoms with Crippen LogP contribution in [-0.2, 0) is 0 Å². The molecule has 1 fully saturated rings. The van der Waals surface area contributed by atoms with E-state index in [-0.39, 0.29) is 16.0 Å². The lowest BCUT2D eigenvalue weighted by Crippen LogP contribution is -2.28. The van der Waals surface area contributed by atoms with Gasteiger partial charge in [-0.05, 0) is 62.6 Å². The standard InChI is InChI=1S/C23H24Cl2N6O3/c1-2-34-17-12-10-16(11-13-17)26-23(30-19-9-5-4-8-18(19)27-28-30)21(31(32)33)20(24)22(25)29-14-6-3-7-15-29/h4-5,8-13,26H,2-3,6-7,14-15H2,1H3/b22-20+,23-21+. The zero-order valence-corrected chi connectivity index (χ0v) is 20.1. The number of likely N-dealkylation sites (tertiary alicyclic amines) is 1. The highest BCUT2D eigenvalue weighted by Crippen LogP contribution is 2.32. The summed E-state index contributed by atoms with van der Waals surface area (Å²) in [5.41, 5.74) is 1.34. The Morgan fingerprint density at radius 2 is 1.82 bits per heavy atom. The van der Waals surface area contributed by atoms with Crippen LogP contribution < -0.4 is 10.1 Å². The van der Waals surface area contributed by atoms with Crippen LogP contribution in [0.4, 0.5) is 5.69 Å². The van der Waals surface area contributed by atoms with Gasteiger partial charge in [0.2, 0.25) is 5.82 Å². The number of para-hydroxylation sites is 1. The van der Waals surface area contributed by atoms with E-state index >= 15 is 0 Å². The van der Waals surface area contributed by atoms with E-state index in [0.717, 1.165) is 19.3 Å². The van der Waals surface area contributed by atoms with E-state index < -0.39 is 10.6 Å². The lowest BCUT2D eigenvalue weighted by molar-refractivity contribution is -0.419. The van der Waals surface area contributed by atoms with Crippen molar-refractivity contribution in [2.24, 2.45) is 0 Å². The Hall–Kier alpha value is -3.30. The van der Waals surface area contributed by atoms with Gasteiger partial charge in [0.1, 0.15) is 16.4 Å². The van der Waals surface area contributed by atoms with Crippen molar-refractivity contribution in [2.75, 3.05) is 25.0 Å². The maximum atomic E-state index is 12.4. The number of nitrogens with zero attached hydrogens (tertiary/aromatic N) is 5. The molecule has 9 nitrogen and oxygen atoms in total. The van der Waals surface area contributed by atoms with Gasteiger partial charge in [0, 0.05) is 18.8 Å². The molecule has 1 aliphatic rings. The van der Waals surface area contributed by atoms with E-state index in [9.17, 15) is 10.1 Å². The molecule has 1 aromatic heterocycles. The highest BCUT2D eigenvalue weighted by molar-refractivity contribution is 6.40. The van der Waals surface area contributed by atoms with E-state index in [4.69, 9.17) is 27.9 Å². The Morgan fingerprint density at radius 1 is 1.12 bits per heavy atom. The van der Waals surface area contributed by atoms with Crippen molar-refractivity contribution in [1.82, 2.24) is 19.9 Å². The molecule has 0 bridgehead atoms. The van der Waals surface area contributed by atoms with E-state index in [2.05, 4.69) is 15.6 Å². The summed E-state index contributed by atoms with van der Waals surface area (Å²) in [4.78, 5) is 13.7. The predicted octanol–water partition coefficient (Wildman–Crippen LogP) is 5.48. The number of piperidine rings is 1. The van der Waals surface area contributed by atoms with Gasteiger partial charge in [-0.1, -0.05) is 40.5 Å². The first-order valence-electron chi connectivity index (χ1n) is 11.0. The number of fused-ring (bicyclic) bond motifs is 1. The number of nitro groups is 1. The van der Waals surface area contributed by atoms with Crippen LogP contribution in [0.25, 0.3) is 16.9 Å². The number of nitrogens with one attached hydrogen (secondary N) is 1. The summed E-state index contributed by atoms with van der Waals surface area (Å²) in [5.74, 6) is 0.716. The molecule has 0 saturated carbocycles. The SMILES string of the molecule is CCOc1ccc(N/C(=C(/C(Cl)=C(/Cl)N2CCCCC2)[N+](=O)[O-])n2nnc3ccccc32)cc1. The van der Waals surface area contributed by atoms with Crippen molar-refractivity contribution in [3.05, 3.63) is 74.5 Å². The fourth-order valence-electron chi connectivity index (χ4n) is 3.78. The Kier molecular flexibility index (Phi) is 7.54. The molecule has 1 aliphatic heterocycles. The molecule has 0 unspecified atom stereocenters. The highest BCUT2D eigenvalue weighted by atomic mass is 35.5. The van der Waals surface area contributed by atoms with Crippen molar-refractivity contribution in [1.29, 1.82) is 0 Å². The fourth-order valence-corrected chi connectivity index (χ4v) is 4.32. The highest BCUT2D eigenvalue weighted by Gasteiger charge is 2.31. The third-order valence-corrected chi connectivity index (χ3v) is 6.30. The molecule has 0 aliphatic carbocycles. The van der Waals surface area contributed by atoms with Crippen LogP contribution >= 0.6 is 23.2 Å². The first kappa shape index (κ1) is 23.8. The van der Waals surface area contributed by atoms with Crippen LogP contribution in [0, 0.1) is 10.1 Å². The van der Waals surface area contributed by atoms with Crippen LogP contribution in [0.2, 0.25) is 0 Å². The Labute approximate surface area is 206 Å². The zero-order chi connectivity index (χ0) is 24.1. The first-order valence-corrected chi connectivity index (χ1v) is 11.7. The summed E-state index contributed by atoms with van der Waals surface area (Å²) >= 11 is 13.2. The Balaban J connectivity index is 1.87. The summed E-state index contributed by atoms with van der Waals surface area (Å²) in [5, 5.41) is 23.8. The minimum Gasteiger partial charge on any atom is -0.494 e. The van der Waals surface area contributed by atoms with Crippen LogP contribution in [0.15, 0.2) is 64.4 Å². The normalized spacial score (nSPS) is 15.6. The number of anilines is 1. The molecule has 1 N–H and O–H groups in total. The van der Waals surface area contributed by atoms with E-state index in [0.29, 0.717) is 42.2 Å². The number of ether oxygens (including phenoxy) is 1. The van der Waals surface area contributed by atoms with Gasteiger partial charge in [-0.2, -0.15) is 4.68 Å². The average Bonchev–Trinajstić information content (AvgIpc) is 3.29. The molecular formula is C23H24Cl2N6O3. The lowest BCUT2D eigenvalue weighted by Gasteiger charge is -2.28. The molecule has 2 heterocycles. The lowest BCUT2D eigenvalue weighted by atomic mass is 10.1. The maximum absolute atomic E-state index is 12.4. The van der Waals surface area contributed by atoms with E-state index in [1.54, 1.807) is 42.5 Å². The molecule has 4 rings (SSSR count). The summed E-state index contributed by atoms with van der Waals surface area (Å²) in [6.07, 6.45) is 2.98. The molecule has 1 saturated heterocycles. The monoisotopic (exact) mass is 502 g/mol. The van der Waals surface area contributed by atoms with Crippen molar-refractivity contribution < 1.29 is 9.66 Å². The van der Waals surface area contributed by atoms with Gasteiger partial charge in [-0.3, -0.25) is 10.1 Å². The second kappa shape index (κ2) is 10.8. The smallest absolute Gasteiger partial charge is 0.333 e. The number of benzene rings is 2. The molecule has 178 valence electrons. The van der Waals surface area contributed by atoms with Crippen molar-refractivity contribution in [3.63, 3.8) is 0 Å². The molecule has 34 heavy (non-hydrogen) atoms. The number of rotatable bonds is 8. The summed E-state index contributed by atoms with van der Waals surface area (Å²) < 4.78 is 6.86. The zero-order valence-electron chi connectivity index (χ0n) is 18.6. The number of halogens is 2. The molecule has 0 atom stereocenters. The van der Waals surface area contributed by atoms with Crippen LogP contribution in [-0.4, -0.2) is 44.5 Å². The van der Waals surface area contributed by atoms with Gasteiger partial charge in [-0.15, -0.1) is 5.10 Å². The number of allylic oxidation sites excluding steroid dienone is 1. The molecule has 0 amide bonds. The second-order valence-corrected chi connectivity index (χ2v) is 8.42. The Morgan fingerprint density at radius 3 is 2.50 bits per heavy atom. The maximum Gasteiger partial charge on any atom is 0.333 e.